The molecule has 2 aromatic rings. The number of phenols is 1. The van der Waals surface area contributed by atoms with E-state index >= 15 is 0 Å². The van der Waals surface area contributed by atoms with E-state index in [0.717, 1.165) is 5.39 Å². The van der Waals surface area contributed by atoms with Crippen LogP contribution in [0.15, 0.2) is 28.7 Å². The number of furan rings is 1. The number of carbonyl (C=O) groups is 1. The molecule has 2 rings (SSSR count). The van der Waals surface area contributed by atoms with Crippen LogP contribution < -0.4 is 5.73 Å². The SMILES string of the molecule is NC(=O)c1cc2ccc(O)cc2o1. The van der Waals surface area contributed by atoms with Gasteiger partial charge in [-0.25, -0.2) is 0 Å². The Morgan fingerprint density at radius 1 is 1.38 bits per heavy atom. The molecule has 3 N–H and O–H groups in total. The van der Waals surface area contributed by atoms with Gasteiger partial charge in [0.2, 0.25) is 0 Å². The predicted molar refractivity (Wildman–Crippen MR) is 46.4 cm³/mol. The van der Waals surface area contributed by atoms with Gasteiger partial charge in [0.15, 0.2) is 5.76 Å². The van der Waals surface area contributed by atoms with Crippen molar-refractivity contribution in [1.82, 2.24) is 0 Å². The first-order valence-electron chi connectivity index (χ1n) is 3.69. The van der Waals surface area contributed by atoms with Crippen molar-refractivity contribution in [1.29, 1.82) is 0 Å². The Labute approximate surface area is 73.6 Å². The normalized spacial score (nSPS) is 10.5. The van der Waals surface area contributed by atoms with Crippen molar-refractivity contribution in [3.63, 3.8) is 0 Å². The molecular weight excluding hydrogens is 170 g/mol. The average molecular weight is 177 g/mol. The summed E-state index contributed by atoms with van der Waals surface area (Å²) in [5.74, 6) is -0.422. The number of carbonyl (C=O) groups excluding carboxylic acids is 1. The van der Waals surface area contributed by atoms with Crippen molar-refractivity contribution in [3.05, 3.63) is 30.0 Å². The van der Waals surface area contributed by atoms with E-state index in [1.807, 2.05) is 0 Å². The molecule has 0 saturated carbocycles. The Balaban J connectivity index is 2.68. The maximum Gasteiger partial charge on any atom is 0.284 e. The highest BCUT2D eigenvalue weighted by Crippen LogP contribution is 2.22. The Bertz CT molecular complexity index is 473. The molecule has 0 saturated heterocycles. The fraction of sp³-hybridized carbons (Fsp3) is 0. The second-order valence-electron chi connectivity index (χ2n) is 2.70. The number of hydrogen-bond acceptors (Lipinski definition) is 3. The van der Waals surface area contributed by atoms with Gasteiger partial charge in [-0.3, -0.25) is 4.79 Å². The molecule has 0 bridgehead atoms. The Morgan fingerprint density at radius 2 is 2.15 bits per heavy atom. The number of amides is 1. The summed E-state index contributed by atoms with van der Waals surface area (Å²) in [4.78, 5) is 10.7. The van der Waals surface area contributed by atoms with Gasteiger partial charge in [-0.2, -0.15) is 0 Å². The molecule has 1 heterocycles. The number of aromatic hydroxyl groups is 1. The van der Waals surface area contributed by atoms with E-state index in [1.54, 1.807) is 6.07 Å². The second kappa shape index (κ2) is 2.52. The van der Waals surface area contributed by atoms with Crippen molar-refractivity contribution >= 4 is 16.9 Å². The molecule has 0 radical (unpaired) electrons. The molecule has 1 amide bonds. The van der Waals surface area contributed by atoms with Gasteiger partial charge in [0.25, 0.3) is 5.91 Å². The molecule has 4 nitrogen and oxygen atoms in total. The summed E-state index contributed by atoms with van der Waals surface area (Å²) in [6.45, 7) is 0. The van der Waals surface area contributed by atoms with Crippen molar-refractivity contribution in [3.8, 4) is 5.75 Å². The highest BCUT2D eigenvalue weighted by molar-refractivity contribution is 5.95. The Hall–Kier alpha value is -1.97. The van der Waals surface area contributed by atoms with Crippen LogP contribution in [0.1, 0.15) is 10.6 Å². The summed E-state index contributed by atoms with van der Waals surface area (Å²) in [5.41, 5.74) is 5.47. The smallest absolute Gasteiger partial charge is 0.284 e. The zero-order valence-electron chi connectivity index (χ0n) is 6.65. The molecular formula is C9H7NO3. The fourth-order valence-electron chi connectivity index (χ4n) is 1.14. The highest BCUT2D eigenvalue weighted by Gasteiger charge is 2.08. The predicted octanol–water partition coefficient (Wildman–Crippen LogP) is 1.24. The lowest BCUT2D eigenvalue weighted by molar-refractivity contribution is 0.0976. The molecule has 0 spiro atoms. The number of hydrogen-bond donors (Lipinski definition) is 2. The number of benzene rings is 1. The molecule has 4 heteroatoms. The van der Waals surface area contributed by atoms with Crippen LogP contribution in [0.3, 0.4) is 0 Å². The zero-order chi connectivity index (χ0) is 9.42. The molecule has 0 atom stereocenters. The Morgan fingerprint density at radius 3 is 2.85 bits per heavy atom. The van der Waals surface area contributed by atoms with Crippen LogP contribution in [0.2, 0.25) is 0 Å². The molecule has 1 aromatic heterocycles. The quantitative estimate of drug-likeness (QED) is 0.687. The summed E-state index contributed by atoms with van der Waals surface area (Å²) >= 11 is 0. The lowest BCUT2D eigenvalue weighted by atomic mass is 10.2. The first-order chi connectivity index (χ1) is 6.16. The van der Waals surface area contributed by atoms with Crippen molar-refractivity contribution in [2.75, 3.05) is 0 Å². The van der Waals surface area contributed by atoms with Crippen molar-refractivity contribution < 1.29 is 14.3 Å². The van der Waals surface area contributed by atoms with Crippen LogP contribution in [-0.2, 0) is 0 Å². The minimum absolute atomic E-state index is 0.0953. The third-order valence-electron chi connectivity index (χ3n) is 1.75. The number of nitrogens with two attached hydrogens (primary N) is 1. The third-order valence-corrected chi connectivity index (χ3v) is 1.75. The largest absolute Gasteiger partial charge is 0.508 e. The average Bonchev–Trinajstić information content (AvgIpc) is 2.46. The number of rotatable bonds is 1. The van der Waals surface area contributed by atoms with Crippen LogP contribution >= 0.6 is 0 Å². The minimum Gasteiger partial charge on any atom is -0.508 e. The van der Waals surface area contributed by atoms with Gasteiger partial charge < -0.3 is 15.3 Å². The molecule has 0 aliphatic carbocycles. The van der Waals surface area contributed by atoms with E-state index in [4.69, 9.17) is 15.3 Å². The van der Waals surface area contributed by atoms with Gasteiger partial charge >= 0.3 is 0 Å². The molecule has 66 valence electrons. The summed E-state index contributed by atoms with van der Waals surface area (Å²) in [6, 6.07) is 6.14. The molecule has 0 aliphatic heterocycles. The molecule has 1 aromatic carbocycles. The maximum atomic E-state index is 10.7. The summed E-state index contributed by atoms with van der Waals surface area (Å²) in [7, 11) is 0. The van der Waals surface area contributed by atoms with E-state index in [9.17, 15) is 4.79 Å². The van der Waals surface area contributed by atoms with Crippen LogP contribution in [0.25, 0.3) is 11.0 Å². The van der Waals surface area contributed by atoms with Gasteiger partial charge in [-0.05, 0) is 18.2 Å². The second-order valence-corrected chi connectivity index (χ2v) is 2.70. The van der Waals surface area contributed by atoms with Gasteiger partial charge in [-0.1, -0.05) is 0 Å². The minimum atomic E-state index is -0.615. The van der Waals surface area contributed by atoms with E-state index in [1.165, 1.54) is 18.2 Å². The van der Waals surface area contributed by atoms with E-state index in [0.29, 0.717) is 5.58 Å². The first-order valence-corrected chi connectivity index (χ1v) is 3.69. The van der Waals surface area contributed by atoms with Crippen molar-refractivity contribution in [2.24, 2.45) is 5.73 Å². The van der Waals surface area contributed by atoms with Gasteiger partial charge in [-0.15, -0.1) is 0 Å². The fourth-order valence-corrected chi connectivity index (χ4v) is 1.14. The van der Waals surface area contributed by atoms with Crippen molar-refractivity contribution in [2.45, 2.75) is 0 Å². The van der Waals surface area contributed by atoms with Crippen LogP contribution in [0, 0.1) is 0 Å². The molecule has 0 fully saturated rings. The van der Waals surface area contributed by atoms with E-state index < -0.39 is 5.91 Å². The summed E-state index contributed by atoms with van der Waals surface area (Å²) < 4.78 is 5.08. The van der Waals surface area contributed by atoms with Crippen LogP contribution in [0.5, 0.6) is 5.75 Å². The van der Waals surface area contributed by atoms with Gasteiger partial charge in [0, 0.05) is 11.5 Å². The lowest BCUT2D eigenvalue weighted by Crippen LogP contribution is -2.08. The number of phenolic OH excluding ortho intramolecular Hbond substituents is 1. The zero-order valence-corrected chi connectivity index (χ0v) is 6.65. The number of primary amides is 1. The summed E-state index contributed by atoms with van der Waals surface area (Å²) in [5, 5.41) is 9.84. The highest BCUT2D eigenvalue weighted by atomic mass is 16.3. The Kier molecular flexibility index (Phi) is 1.48. The monoisotopic (exact) mass is 177 g/mol. The molecule has 13 heavy (non-hydrogen) atoms. The van der Waals surface area contributed by atoms with E-state index in [-0.39, 0.29) is 11.5 Å². The first kappa shape index (κ1) is 7.67. The topological polar surface area (TPSA) is 76.5 Å². The van der Waals surface area contributed by atoms with E-state index in [2.05, 4.69) is 0 Å². The number of fused-ring (bicyclic) bond motifs is 1. The molecule has 0 aliphatic rings. The van der Waals surface area contributed by atoms with Crippen LogP contribution in [0.4, 0.5) is 0 Å². The standard InChI is InChI=1S/C9H7NO3/c10-9(12)8-3-5-1-2-6(11)4-7(5)13-8/h1-4,11H,(H2,10,12). The lowest BCUT2D eigenvalue weighted by Gasteiger charge is -1.88. The third kappa shape index (κ3) is 1.22. The molecule has 0 unspecified atom stereocenters. The summed E-state index contributed by atoms with van der Waals surface area (Å²) in [6.07, 6.45) is 0. The van der Waals surface area contributed by atoms with Gasteiger partial charge in [0.1, 0.15) is 11.3 Å². The van der Waals surface area contributed by atoms with Crippen LogP contribution in [-0.4, -0.2) is 11.0 Å². The van der Waals surface area contributed by atoms with Gasteiger partial charge in [0.05, 0.1) is 0 Å². The maximum absolute atomic E-state index is 10.7.